The largest absolute Gasteiger partial charge is 0.377 e. The Morgan fingerprint density at radius 1 is 1.47 bits per heavy atom. The summed E-state index contributed by atoms with van der Waals surface area (Å²) >= 11 is 0. The summed E-state index contributed by atoms with van der Waals surface area (Å²) in [5.41, 5.74) is 6.61. The van der Waals surface area contributed by atoms with Gasteiger partial charge in [0.05, 0.1) is 19.3 Å². The molecule has 0 aliphatic carbocycles. The highest BCUT2D eigenvalue weighted by molar-refractivity contribution is 5.44. The van der Waals surface area contributed by atoms with Crippen molar-refractivity contribution < 1.29 is 4.74 Å². The van der Waals surface area contributed by atoms with Gasteiger partial charge in [0.25, 0.3) is 0 Å². The van der Waals surface area contributed by atoms with Gasteiger partial charge >= 0.3 is 0 Å². The van der Waals surface area contributed by atoms with Gasteiger partial charge in [0, 0.05) is 18.3 Å². The van der Waals surface area contributed by atoms with Gasteiger partial charge in [0.15, 0.2) is 0 Å². The van der Waals surface area contributed by atoms with E-state index in [0.717, 1.165) is 31.3 Å². The molecule has 94 valence electrons. The van der Waals surface area contributed by atoms with Crippen molar-refractivity contribution in [3.8, 4) is 0 Å². The molecule has 2 heterocycles. The minimum absolute atomic E-state index is 0.342. The number of hydrogen-bond donors (Lipinski definition) is 1. The Morgan fingerprint density at radius 2 is 2.24 bits per heavy atom. The third-order valence-electron chi connectivity index (χ3n) is 3.09. The van der Waals surface area contributed by atoms with Crippen LogP contribution in [0.15, 0.2) is 6.07 Å². The molecule has 0 aromatic carbocycles. The molecule has 1 aromatic rings. The van der Waals surface area contributed by atoms with Crippen LogP contribution in [0.1, 0.15) is 19.5 Å². The molecule has 1 fully saturated rings. The van der Waals surface area contributed by atoms with Gasteiger partial charge in [-0.15, -0.1) is 0 Å². The molecule has 2 N–H and O–H groups in total. The molecule has 0 spiro atoms. The first kappa shape index (κ1) is 12.1. The van der Waals surface area contributed by atoms with Crippen LogP contribution in [0.5, 0.6) is 0 Å². The number of ether oxygens (including phenoxy) is 1. The summed E-state index contributed by atoms with van der Waals surface area (Å²) in [6.45, 7) is 8.69. The van der Waals surface area contributed by atoms with Crippen LogP contribution >= 0.6 is 0 Å². The van der Waals surface area contributed by atoms with Crippen molar-refractivity contribution in [2.24, 2.45) is 5.92 Å². The van der Waals surface area contributed by atoms with Crippen LogP contribution in [0.25, 0.3) is 0 Å². The SMILES string of the molecule is Cc1cc(N2CCOC[C@H]2C(C)C)nc(N)n1. The van der Waals surface area contributed by atoms with E-state index in [0.29, 0.717) is 17.9 Å². The van der Waals surface area contributed by atoms with Crippen LogP contribution in [0, 0.1) is 12.8 Å². The fraction of sp³-hybridized carbons (Fsp3) is 0.667. The van der Waals surface area contributed by atoms with Crippen molar-refractivity contribution in [3.63, 3.8) is 0 Å². The van der Waals surface area contributed by atoms with E-state index in [4.69, 9.17) is 10.5 Å². The Labute approximate surface area is 102 Å². The van der Waals surface area contributed by atoms with Crippen molar-refractivity contribution in [2.75, 3.05) is 30.4 Å². The molecule has 1 aliphatic heterocycles. The Morgan fingerprint density at radius 3 is 2.88 bits per heavy atom. The van der Waals surface area contributed by atoms with Crippen molar-refractivity contribution in [2.45, 2.75) is 26.8 Å². The predicted molar refractivity (Wildman–Crippen MR) is 68.0 cm³/mol. The van der Waals surface area contributed by atoms with Crippen LogP contribution in [0.4, 0.5) is 11.8 Å². The maximum Gasteiger partial charge on any atom is 0.222 e. The molecule has 0 amide bonds. The van der Waals surface area contributed by atoms with Gasteiger partial charge in [-0.1, -0.05) is 13.8 Å². The van der Waals surface area contributed by atoms with Crippen LogP contribution < -0.4 is 10.6 Å². The lowest BCUT2D eigenvalue weighted by Gasteiger charge is -2.38. The minimum Gasteiger partial charge on any atom is -0.377 e. The highest BCUT2D eigenvalue weighted by Gasteiger charge is 2.27. The number of aromatic nitrogens is 2. The molecule has 5 nitrogen and oxygen atoms in total. The van der Waals surface area contributed by atoms with E-state index in [2.05, 4.69) is 28.7 Å². The predicted octanol–water partition coefficient (Wildman–Crippen LogP) is 1.23. The van der Waals surface area contributed by atoms with E-state index < -0.39 is 0 Å². The molecule has 0 bridgehead atoms. The normalized spacial score (nSPS) is 20.9. The summed E-state index contributed by atoms with van der Waals surface area (Å²) < 4.78 is 5.54. The number of rotatable bonds is 2. The molecule has 1 saturated heterocycles. The van der Waals surface area contributed by atoms with Gasteiger partial charge in [-0.2, -0.15) is 4.98 Å². The lowest BCUT2D eigenvalue weighted by atomic mass is 10.0. The zero-order chi connectivity index (χ0) is 12.4. The summed E-state index contributed by atoms with van der Waals surface area (Å²) in [6.07, 6.45) is 0. The van der Waals surface area contributed by atoms with Gasteiger partial charge in [-0.25, -0.2) is 4.98 Å². The third-order valence-corrected chi connectivity index (χ3v) is 3.09. The van der Waals surface area contributed by atoms with Crippen LogP contribution in [0.3, 0.4) is 0 Å². The molecule has 5 heteroatoms. The Hall–Kier alpha value is -1.36. The second-order valence-corrected chi connectivity index (χ2v) is 4.81. The van der Waals surface area contributed by atoms with E-state index in [-0.39, 0.29) is 0 Å². The average molecular weight is 236 g/mol. The highest BCUT2D eigenvalue weighted by Crippen LogP contribution is 2.22. The lowest BCUT2D eigenvalue weighted by Crippen LogP contribution is -2.48. The Kier molecular flexibility index (Phi) is 3.47. The zero-order valence-corrected chi connectivity index (χ0v) is 10.7. The second-order valence-electron chi connectivity index (χ2n) is 4.81. The smallest absolute Gasteiger partial charge is 0.222 e. The lowest BCUT2D eigenvalue weighted by molar-refractivity contribution is 0.0802. The molecule has 0 radical (unpaired) electrons. The van der Waals surface area contributed by atoms with Crippen LogP contribution in [0.2, 0.25) is 0 Å². The molecule has 1 aromatic heterocycles. The summed E-state index contributed by atoms with van der Waals surface area (Å²) in [6, 6.07) is 2.34. The summed E-state index contributed by atoms with van der Waals surface area (Å²) in [7, 11) is 0. The van der Waals surface area contributed by atoms with E-state index in [1.807, 2.05) is 13.0 Å². The first-order valence-electron chi connectivity index (χ1n) is 6.03. The molecule has 0 unspecified atom stereocenters. The molecule has 1 aliphatic rings. The van der Waals surface area contributed by atoms with Gasteiger partial charge in [0.2, 0.25) is 5.95 Å². The van der Waals surface area contributed by atoms with Crippen molar-refractivity contribution in [1.82, 2.24) is 9.97 Å². The number of hydrogen-bond acceptors (Lipinski definition) is 5. The highest BCUT2D eigenvalue weighted by atomic mass is 16.5. The molecule has 0 saturated carbocycles. The molecule has 2 rings (SSSR count). The Balaban J connectivity index is 2.29. The number of aryl methyl sites for hydroxylation is 1. The van der Waals surface area contributed by atoms with Crippen LogP contribution in [-0.4, -0.2) is 35.8 Å². The monoisotopic (exact) mass is 236 g/mol. The topological polar surface area (TPSA) is 64.3 Å². The maximum absolute atomic E-state index is 5.71. The molecule has 17 heavy (non-hydrogen) atoms. The van der Waals surface area contributed by atoms with E-state index in [9.17, 15) is 0 Å². The first-order chi connectivity index (χ1) is 8.08. The number of nitrogen functional groups attached to an aromatic ring is 1. The molecule has 1 atom stereocenters. The second kappa shape index (κ2) is 4.87. The third kappa shape index (κ3) is 2.66. The van der Waals surface area contributed by atoms with E-state index >= 15 is 0 Å². The van der Waals surface area contributed by atoms with Gasteiger partial charge in [-0.3, -0.25) is 0 Å². The van der Waals surface area contributed by atoms with Crippen LogP contribution in [-0.2, 0) is 4.74 Å². The quantitative estimate of drug-likeness (QED) is 0.836. The zero-order valence-electron chi connectivity index (χ0n) is 10.7. The summed E-state index contributed by atoms with van der Waals surface area (Å²) in [5.74, 6) is 1.78. The van der Waals surface area contributed by atoms with Crippen molar-refractivity contribution in [1.29, 1.82) is 0 Å². The molecular weight excluding hydrogens is 216 g/mol. The molecular formula is C12H20N4O. The summed E-state index contributed by atoms with van der Waals surface area (Å²) in [4.78, 5) is 10.7. The number of morpholine rings is 1. The average Bonchev–Trinajstić information content (AvgIpc) is 2.27. The summed E-state index contributed by atoms with van der Waals surface area (Å²) in [5, 5.41) is 0. The first-order valence-corrected chi connectivity index (χ1v) is 6.03. The van der Waals surface area contributed by atoms with Gasteiger partial charge in [0.1, 0.15) is 5.82 Å². The fourth-order valence-electron chi connectivity index (χ4n) is 2.18. The van der Waals surface area contributed by atoms with Gasteiger partial charge < -0.3 is 15.4 Å². The number of nitrogens with zero attached hydrogens (tertiary/aromatic N) is 3. The van der Waals surface area contributed by atoms with E-state index in [1.54, 1.807) is 0 Å². The van der Waals surface area contributed by atoms with E-state index in [1.165, 1.54) is 0 Å². The fourth-order valence-corrected chi connectivity index (χ4v) is 2.18. The van der Waals surface area contributed by atoms with Crippen molar-refractivity contribution in [3.05, 3.63) is 11.8 Å². The van der Waals surface area contributed by atoms with Crippen molar-refractivity contribution >= 4 is 11.8 Å². The number of nitrogens with two attached hydrogens (primary N) is 1. The van der Waals surface area contributed by atoms with Gasteiger partial charge in [-0.05, 0) is 12.8 Å². The Bertz CT molecular complexity index is 374. The standard InChI is InChI=1S/C12H20N4O/c1-8(2)10-7-17-5-4-16(10)11-6-9(3)14-12(13)15-11/h6,8,10H,4-5,7H2,1-3H3,(H2,13,14,15)/t10-/m0/s1. The maximum atomic E-state index is 5.71. The minimum atomic E-state index is 0.342. The number of anilines is 2.